The van der Waals surface area contributed by atoms with Gasteiger partial charge in [0.1, 0.15) is 5.75 Å². The number of nitrogens with one attached hydrogen (secondary N) is 1. The largest absolute Gasteiger partial charge is 0.494 e. The molecule has 1 N–H and O–H groups in total. The van der Waals surface area contributed by atoms with Gasteiger partial charge in [-0.1, -0.05) is 42.5 Å². The highest BCUT2D eigenvalue weighted by Crippen LogP contribution is 2.13. The lowest BCUT2D eigenvalue weighted by molar-refractivity contribution is -0.150. The molecule has 0 aromatic heterocycles. The van der Waals surface area contributed by atoms with E-state index in [2.05, 4.69) is 5.32 Å². The van der Waals surface area contributed by atoms with Gasteiger partial charge in [0.15, 0.2) is 6.10 Å². The summed E-state index contributed by atoms with van der Waals surface area (Å²) in [4.78, 5) is 23.9. The standard InChI is InChI=1S/C22H25NO4/c1-3-26-20-12-9-19(10-13-20)11-14-21(24)27-17(2)22(25)23-16-15-18-7-5-4-6-8-18/h4-14,17H,3,15-16H2,1-2H3,(H,23,25)/b14-11+. The lowest BCUT2D eigenvalue weighted by Gasteiger charge is -2.12. The molecule has 0 fully saturated rings. The number of ether oxygens (including phenoxy) is 2. The Labute approximate surface area is 160 Å². The lowest BCUT2D eigenvalue weighted by Crippen LogP contribution is -2.36. The molecule has 0 saturated carbocycles. The van der Waals surface area contributed by atoms with Crippen LogP contribution < -0.4 is 10.1 Å². The van der Waals surface area contributed by atoms with Crippen molar-refractivity contribution >= 4 is 18.0 Å². The first-order valence-electron chi connectivity index (χ1n) is 9.01. The van der Waals surface area contributed by atoms with Crippen molar-refractivity contribution in [2.24, 2.45) is 0 Å². The molecule has 1 unspecified atom stereocenters. The first-order valence-corrected chi connectivity index (χ1v) is 9.01. The van der Waals surface area contributed by atoms with Crippen LogP contribution in [0.3, 0.4) is 0 Å². The SMILES string of the molecule is CCOc1ccc(/C=C/C(=O)OC(C)C(=O)NCCc2ccccc2)cc1. The normalized spacial score (nSPS) is 11.8. The van der Waals surface area contributed by atoms with E-state index in [1.807, 2.05) is 61.5 Å². The maximum Gasteiger partial charge on any atom is 0.331 e. The summed E-state index contributed by atoms with van der Waals surface area (Å²) in [6.45, 7) is 4.57. The first-order chi connectivity index (χ1) is 13.1. The monoisotopic (exact) mass is 367 g/mol. The molecule has 2 rings (SSSR count). The summed E-state index contributed by atoms with van der Waals surface area (Å²) in [5.41, 5.74) is 1.98. The number of hydrogen-bond acceptors (Lipinski definition) is 4. The fourth-order valence-corrected chi connectivity index (χ4v) is 2.39. The molecule has 2 aromatic carbocycles. The summed E-state index contributed by atoms with van der Waals surface area (Å²) < 4.78 is 10.5. The molecule has 0 bridgehead atoms. The van der Waals surface area contributed by atoms with Crippen LogP contribution in [0.15, 0.2) is 60.7 Å². The zero-order valence-electron chi connectivity index (χ0n) is 15.7. The Morgan fingerprint density at radius 3 is 2.44 bits per heavy atom. The number of esters is 1. The summed E-state index contributed by atoms with van der Waals surface area (Å²) in [7, 11) is 0. The van der Waals surface area contributed by atoms with E-state index < -0.39 is 12.1 Å². The first kappa shape index (κ1) is 20.2. The quantitative estimate of drug-likeness (QED) is 0.545. The Morgan fingerprint density at radius 1 is 1.07 bits per heavy atom. The Hall–Kier alpha value is -3.08. The van der Waals surface area contributed by atoms with Crippen molar-refractivity contribution in [3.05, 3.63) is 71.8 Å². The van der Waals surface area contributed by atoms with E-state index >= 15 is 0 Å². The minimum absolute atomic E-state index is 0.311. The van der Waals surface area contributed by atoms with Crippen molar-refractivity contribution in [1.29, 1.82) is 0 Å². The lowest BCUT2D eigenvalue weighted by atomic mass is 10.1. The molecule has 0 aliphatic rings. The fourth-order valence-electron chi connectivity index (χ4n) is 2.39. The number of benzene rings is 2. The van der Waals surface area contributed by atoms with Crippen LogP contribution in [0, 0.1) is 0 Å². The summed E-state index contributed by atoms with van der Waals surface area (Å²) in [5.74, 6) is -0.0960. The van der Waals surface area contributed by atoms with E-state index in [9.17, 15) is 9.59 Å². The van der Waals surface area contributed by atoms with Gasteiger partial charge in [0.2, 0.25) is 0 Å². The van der Waals surface area contributed by atoms with Crippen LogP contribution in [0.25, 0.3) is 6.08 Å². The second-order valence-electron chi connectivity index (χ2n) is 5.94. The van der Waals surface area contributed by atoms with Gasteiger partial charge in [-0.3, -0.25) is 4.79 Å². The van der Waals surface area contributed by atoms with Crippen LogP contribution in [0.1, 0.15) is 25.0 Å². The average Bonchev–Trinajstić information content (AvgIpc) is 2.68. The zero-order valence-corrected chi connectivity index (χ0v) is 15.7. The molecule has 0 saturated heterocycles. The van der Waals surface area contributed by atoms with Crippen molar-refractivity contribution < 1.29 is 19.1 Å². The zero-order chi connectivity index (χ0) is 19.5. The third-order valence-corrected chi connectivity index (χ3v) is 3.82. The molecule has 1 amide bonds. The highest BCUT2D eigenvalue weighted by atomic mass is 16.5. The van der Waals surface area contributed by atoms with Crippen LogP contribution in [0.4, 0.5) is 0 Å². The van der Waals surface area contributed by atoms with E-state index in [1.165, 1.54) is 6.08 Å². The molecular formula is C22H25NO4. The summed E-state index contributed by atoms with van der Waals surface area (Å²) >= 11 is 0. The molecule has 0 aliphatic carbocycles. The molecule has 0 spiro atoms. The topological polar surface area (TPSA) is 64.6 Å². The molecule has 27 heavy (non-hydrogen) atoms. The maximum atomic E-state index is 12.0. The number of carbonyl (C=O) groups is 2. The van der Waals surface area contributed by atoms with Gasteiger partial charge in [0.05, 0.1) is 6.61 Å². The van der Waals surface area contributed by atoms with Crippen LogP contribution in [-0.4, -0.2) is 31.1 Å². The van der Waals surface area contributed by atoms with Crippen LogP contribution in [0.2, 0.25) is 0 Å². The van der Waals surface area contributed by atoms with Crippen molar-refractivity contribution in [1.82, 2.24) is 5.32 Å². The number of rotatable bonds is 9. The van der Waals surface area contributed by atoms with Gasteiger partial charge < -0.3 is 14.8 Å². The highest BCUT2D eigenvalue weighted by molar-refractivity contribution is 5.90. The van der Waals surface area contributed by atoms with Crippen LogP contribution >= 0.6 is 0 Å². The smallest absolute Gasteiger partial charge is 0.331 e. The second kappa shape index (κ2) is 10.8. The minimum Gasteiger partial charge on any atom is -0.494 e. The summed E-state index contributed by atoms with van der Waals surface area (Å²) in [6, 6.07) is 17.2. The number of carbonyl (C=O) groups excluding carboxylic acids is 2. The number of amides is 1. The van der Waals surface area contributed by atoms with Crippen molar-refractivity contribution in [2.45, 2.75) is 26.4 Å². The highest BCUT2D eigenvalue weighted by Gasteiger charge is 2.15. The molecule has 5 nitrogen and oxygen atoms in total. The van der Waals surface area contributed by atoms with Gasteiger partial charge in [0.25, 0.3) is 5.91 Å². The van der Waals surface area contributed by atoms with E-state index in [0.717, 1.165) is 23.3 Å². The summed E-state index contributed by atoms with van der Waals surface area (Å²) in [5, 5.41) is 2.77. The Kier molecular flexibility index (Phi) is 8.10. The van der Waals surface area contributed by atoms with E-state index in [-0.39, 0.29) is 5.91 Å². The van der Waals surface area contributed by atoms with Crippen LogP contribution in [0.5, 0.6) is 5.75 Å². The Bertz CT molecular complexity index is 754. The molecule has 0 aliphatic heterocycles. The fraction of sp³-hybridized carbons (Fsp3) is 0.273. The molecule has 0 heterocycles. The van der Waals surface area contributed by atoms with Gasteiger partial charge in [-0.2, -0.15) is 0 Å². The molecule has 1 atom stereocenters. The predicted molar refractivity (Wildman–Crippen MR) is 105 cm³/mol. The van der Waals surface area contributed by atoms with Crippen LogP contribution in [-0.2, 0) is 20.7 Å². The van der Waals surface area contributed by atoms with Gasteiger partial charge in [-0.05, 0) is 49.6 Å². The second-order valence-corrected chi connectivity index (χ2v) is 5.94. The van der Waals surface area contributed by atoms with Crippen molar-refractivity contribution in [3.8, 4) is 5.75 Å². The van der Waals surface area contributed by atoms with Gasteiger partial charge in [-0.15, -0.1) is 0 Å². The average molecular weight is 367 g/mol. The minimum atomic E-state index is -0.849. The maximum absolute atomic E-state index is 12.0. The Morgan fingerprint density at radius 2 is 1.78 bits per heavy atom. The van der Waals surface area contributed by atoms with E-state index in [0.29, 0.717) is 13.2 Å². The van der Waals surface area contributed by atoms with Gasteiger partial charge in [0, 0.05) is 12.6 Å². The number of hydrogen-bond donors (Lipinski definition) is 1. The Balaban J connectivity index is 1.74. The summed E-state index contributed by atoms with van der Waals surface area (Å²) in [6.07, 6.45) is 2.82. The van der Waals surface area contributed by atoms with Gasteiger partial charge in [-0.25, -0.2) is 4.79 Å². The predicted octanol–water partition coefficient (Wildman–Crippen LogP) is 3.39. The molecule has 5 heteroatoms. The molecule has 0 radical (unpaired) electrons. The van der Waals surface area contributed by atoms with Gasteiger partial charge >= 0.3 is 5.97 Å². The third-order valence-electron chi connectivity index (χ3n) is 3.82. The van der Waals surface area contributed by atoms with E-state index in [1.54, 1.807) is 13.0 Å². The third kappa shape index (κ3) is 7.36. The van der Waals surface area contributed by atoms with E-state index in [4.69, 9.17) is 9.47 Å². The van der Waals surface area contributed by atoms with Crippen molar-refractivity contribution in [3.63, 3.8) is 0 Å². The molecule has 142 valence electrons. The van der Waals surface area contributed by atoms with Crippen molar-refractivity contribution in [2.75, 3.05) is 13.2 Å². The molecule has 2 aromatic rings. The molecular weight excluding hydrogens is 342 g/mol.